The van der Waals surface area contributed by atoms with Crippen LogP contribution in [0.5, 0.6) is 0 Å². The van der Waals surface area contributed by atoms with Crippen molar-refractivity contribution in [2.75, 3.05) is 0 Å². The lowest BCUT2D eigenvalue weighted by atomic mass is 9.52. The average molecular weight is 410 g/mol. The van der Waals surface area contributed by atoms with Gasteiger partial charge in [-0.2, -0.15) is 15.8 Å². The number of aryl methyl sites for hydroxylation is 2. The van der Waals surface area contributed by atoms with Gasteiger partial charge in [0.1, 0.15) is 6.10 Å². The van der Waals surface area contributed by atoms with Gasteiger partial charge in [0.05, 0.1) is 24.1 Å². The molecular formula is C25H22N4O2. The fraction of sp³-hybridized carbons (Fsp3) is 0.360. The second-order valence-electron chi connectivity index (χ2n) is 8.50. The van der Waals surface area contributed by atoms with Crippen LogP contribution in [0.2, 0.25) is 0 Å². The number of fused-ring (bicyclic) bond motifs is 2. The molecule has 0 spiro atoms. The quantitative estimate of drug-likeness (QED) is 0.800. The van der Waals surface area contributed by atoms with E-state index >= 15 is 0 Å². The maximum absolute atomic E-state index is 10.4. The largest absolute Gasteiger partial charge is 0.448 e. The van der Waals surface area contributed by atoms with E-state index in [4.69, 9.17) is 14.9 Å². The second-order valence-corrected chi connectivity index (χ2v) is 8.50. The Labute approximate surface area is 181 Å². The molecule has 0 aromatic heterocycles. The van der Waals surface area contributed by atoms with Crippen LogP contribution in [0.15, 0.2) is 48.5 Å². The molecule has 4 atom stereocenters. The number of nitrogens with zero attached hydrogens (tertiary/aromatic N) is 3. The molecule has 4 rings (SSSR count). The summed E-state index contributed by atoms with van der Waals surface area (Å²) >= 11 is 0. The van der Waals surface area contributed by atoms with Gasteiger partial charge in [-0.3, -0.25) is 5.41 Å². The summed E-state index contributed by atoms with van der Waals surface area (Å²) in [4.78, 5) is 0. The summed E-state index contributed by atoms with van der Waals surface area (Å²) in [5, 5.41) is 39.8. The molecular weight excluding hydrogens is 388 g/mol. The van der Waals surface area contributed by atoms with Gasteiger partial charge in [-0.1, -0.05) is 54.1 Å². The van der Waals surface area contributed by atoms with E-state index in [1.165, 1.54) is 0 Å². The van der Waals surface area contributed by atoms with Crippen LogP contribution in [0.4, 0.5) is 0 Å². The third kappa shape index (κ3) is 2.61. The average Bonchev–Trinajstić information content (AvgIpc) is 2.91. The van der Waals surface area contributed by atoms with E-state index in [1.807, 2.05) is 62.4 Å². The van der Waals surface area contributed by atoms with Crippen molar-refractivity contribution in [3.63, 3.8) is 0 Å². The summed E-state index contributed by atoms with van der Waals surface area (Å²) in [6.07, 6.45) is -0.708. The number of nitrogens with one attached hydrogen (secondary N) is 1. The van der Waals surface area contributed by atoms with Crippen LogP contribution < -0.4 is 0 Å². The van der Waals surface area contributed by atoms with E-state index in [1.54, 1.807) is 6.92 Å². The Morgan fingerprint density at radius 2 is 1.68 bits per heavy atom. The summed E-state index contributed by atoms with van der Waals surface area (Å²) in [6.45, 7) is 5.54. The highest BCUT2D eigenvalue weighted by Crippen LogP contribution is 2.67. The highest BCUT2D eigenvalue weighted by atomic mass is 16.7. The number of benzene rings is 2. The van der Waals surface area contributed by atoms with Gasteiger partial charge in [0, 0.05) is 6.92 Å². The zero-order valence-corrected chi connectivity index (χ0v) is 17.6. The summed E-state index contributed by atoms with van der Waals surface area (Å²) in [5.41, 5.74) is -0.281. The van der Waals surface area contributed by atoms with Gasteiger partial charge < -0.3 is 9.47 Å². The lowest BCUT2D eigenvalue weighted by molar-refractivity contribution is -0.272. The normalized spacial score (nSPS) is 30.5. The lowest BCUT2D eigenvalue weighted by Gasteiger charge is -2.49. The Hall–Kier alpha value is -3.66. The van der Waals surface area contributed by atoms with Gasteiger partial charge >= 0.3 is 0 Å². The zero-order chi connectivity index (χ0) is 22.4. The molecule has 0 saturated carbocycles. The van der Waals surface area contributed by atoms with Crippen molar-refractivity contribution in [1.29, 1.82) is 21.2 Å². The summed E-state index contributed by atoms with van der Waals surface area (Å²) in [5.74, 6) is -2.42. The molecule has 6 nitrogen and oxygen atoms in total. The predicted octanol–water partition coefficient (Wildman–Crippen LogP) is 4.50. The molecule has 0 aliphatic carbocycles. The first-order valence-corrected chi connectivity index (χ1v) is 10.1. The van der Waals surface area contributed by atoms with Crippen molar-refractivity contribution < 1.29 is 9.47 Å². The Balaban J connectivity index is 1.96. The van der Waals surface area contributed by atoms with Crippen LogP contribution in [-0.2, 0) is 15.9 Å². The zero-order valence-electron chi connectivity index (χ0n) is 17.6. The maximum atomic E-state index is 10.4. The molecule has 6 heteroatoms. The fourth-order valence-corrected chi connectivity index (χ4v) is 5.14. The first-order valence-electron chi connectivity index (χ1n) is 10.1. The van der Waals surface area contributed by atoms with E-state index in [-0.39, 0.29) is 5.90 Å². The smallest absolute Gasteiger partial charge is 0.215 e. The van der Waals surface area contributed by atoms with Gasteiger partial charge in [0.2, 0.25) is 17.1 Å². The third-order valence-corrected chi connectivity index (χ3v) is 6.71. The molecule has 2 aromatic rings. The molecule has 1 N–H and O–H groups in total. The van der Waals surface area contributed by atoms with E-state index in [2.05, 4.69) is 18.2 Å². The first kappa shape index (κ1) is 20.6. The standard InChI is InChI=1S/C25H22N4O2/c1-16-9-10-19(17(2)11-16)21-24(13-26,14-27)25(15-28)20(12-18-7-5-4-6-8-18)23(3,30-21)31-22(25)29/h4-11,20-21,29H,12H2,1-3H3. The van der Waals surface area contributed by atoms with Crippen molar-refractivity contribution in [1.82, 2.24) is 0 Å². The van der Waals surface area contributed by atoms with Crippen LogP contribution in [0, 0.1) is 70.0 Å². The van der Waals surface area contributed by atoms with Crippen LogP contribution in [-0.4, -0.2) is 11.7 Å². The molecule has 2 bridgehead atoms. The van der Waals surface area contributed by atoms with Crippen molar-refractivity contribution in [3.8, 4) is 18.2 Å². The van der Waals surface area contributed by atoms with Gasteiger partial charge in [0.25, 0.3) is 0 Å². The number of ether oxygens (including phenoxy) is 2. The summed E-state index contributed by atoms with van der Waals surface area (Å²) in [7, 11) is 0. The van der Waals surface area contributed by atoms with E-state index in [9.17, 15) is 15.8 Å². The van der Waals surface area contributed by atoms with Gasteiger partial charge in [-0.05, 0) is 37.0 Å². The number of nitriles is 3. The van der Waals surface area contributed by atoms with Gasteiger partial charge in [0.15, 0.2) is 5.41 Å². The van der Waals surface area contributed by atoms with E-state index < -0.39 is 28.6 Å². The minimum Gasteiger partial charge on any atom is -0.448 e. The van der Waals surface area contributed by atoms with Crippen LogP contribution in [0.1, 0.15) is 35.3 Å². The summed E-state index contributed by atoms with van der Waals surface area (Å²) < 4.78 is 12.3. The Kier molecular flexibility index (Phi) is 4.62. The van der Waals surface area contributed by atoms with Crippen molar-refractivity contribution in [2.45, 2.75) is 39.1 Å². The van der Waals surface area contributed by atoms with E-state index in [0.29, 0.717) is 12.0 Å². The minimum absolute atomic E-state index is 0.331. The lowest BCUT2D eigenvalue weighted by Crippen LogP contribution is -2.59. The number of hydrogen-bond donors (Lipinski definition) is 1. The molecule has 4 unspecified atom stereocenters. The molecule has 2 saturated heterocycles. The molecule has 154 valence electrons. The predicted molar refractivity (Wildman–Crippen MR) is 112 cm³/mol. The molecule has 2 aromatic carbocycles. The fourth-order valence-electron chi connectivity index (χ4n) is 5.14. The van der Waals surface area contributed by atoms with Crippen molar-refractivity contribution in [3.05, 3.63) is 70.8 Å². The topological polar surface area (TPSA) is 114 Å². The van der Waals surface area contributed by atoms with Crippen LogP contribution in [0.25, 0.3) is 0 Å². The molecule has 2 heterocycles. The van der Waals surface area contributed by atoms with E-state index in [0.717, 1.165) is 16.7 Å². The molecule has 2 aliphatic heterocycles. The number of rotatable bonds is 3. The second kappa shape index (κ2) is 6.95. The van der Waals surface area contributed by atoms with Gasteiger partial charge in [-0.25, -0.2) is 0 Å². The van der Waals surface area contributed by atoms with Crippen LogP contribution >= 0.6 is 0 Å². The Bertz CT molecular complexity index is 1170. The minimum atomic E-state index is -1.95. The highest BCUT2D eigenvalue weighted by molar-refractivity contribution is 5.89. The van der Waals surface area contributed by atoms with Crippen molar-refractivity contribution in [2.24, 2.45) is 16.7 Å². The molecule has 0 radical (unpaired) electrons. The SMILES string of the molecule is Cc1ccc(C2OC3(C)OC(=N)C(C#N)(C3Cc3ccccc3)C2(C#N)C#N)c(C)c1. The first-order chi connectivity index (χ1) is 14.8. The number of hydrogen-bond acceptors (Lipinski definition) is 6. The Morgan fingerprint density at radius 3 is 2.26 bits per heavy atom. The van der Waals surface area contributed by atoms with Crippen molar-refractivity contribution >= 4 is 5.90 Å². The molecule has 2 aliphatic rings. The Morgan fingerprint density at radius 1 is 1.00 bits per heavy atom. The van der Waals surface area contributed by atoms with Gasteiger partial charge in [-0.15, -0.1) is 0 Å². The molecule has 2 fully saturated rings. The monoisotopic (exact) mass is 410 g/mol. The molecule has 31 heavy (non-hydrogen) atoms. The summed E-state index contributed by atoms with van der Waals surface area (Å²) in [6, 6.07) is 21.6. The molecule has 0 amide bonds. The highest BCUT2D eigenvalue weighted by Gasteiger charge is 2.79. The maximum Gasteiger partial charge on any atom is 0.215 e. The van der Waals surface area contributed by atoms with Crippen LogP contribution in [0.3, 0.4) is 0 Å². The third-order valence-electron chi connectivity index (χ3n) is 6.71.